The van der Waals surface area contributed by atoms with Crippen molar-refractivity contribution in [3.05, 3.63) is 53.9 Å². The summed E-state index contributed by atoms with van der Waals surface area (Å²) in [6, 6.07) is 9.25. The number of benzene rings is 1. The molecule has 0 aliphatic carbocycles. The summed E-state index contributed by atoms with van der Waals surface area (Å²) in [5, 5.41) is 23.1. The van der Waals surface area contributed by atoms with Gasteiger partial charge < -0.3 is 24.6 Å². The minimum Gasteiger partial charge on any atom is -0.394 e. The van der Waals surface area contributed by atoms with Crippen LogP contribution >= 0.6 is 0 Å². The van der Waals surface area contributed by atoms with Crippen molar-refractivity contribution >= 4 is 5.91 Å². The number of nitrogens with zero attached hydrogens (tertiary/aromatic N) is 2. The number of rotatable bonds is 9. The van der Waals surface area contributed by atoms with Gasteiger partial charge in [-0.3, -0.25) is 15.1 Å². The molecule has 1 aromatic carbocycles. The average Bonchev–Trinajstić information content (AvgIpc) is 3.12. The van der Waals surface area contributed by atoms with Crippen LogP contribution in [0.4, 0.5) is 13.2 Å². The summed E-state index contributed by atoms with van der Waals surface area (Å²) < 4.78 is 51.6. The molecule has 8 nitrogen and oxygen atoms in total. The first-order chi connectivity index (χ1) is 17.6. The molecule has 4 atom stereocenters. The van der Waals surface area contributed by atoms with Gasteiger partial charge in [0.1, 0.15) is 18.5 Å². The molecule has 38 heavy (non-hydrogen) atoms. The molecule has 0 spiro atoms. The van der Waals surface area contributed by atoms with Gasteiger partial charge in [0.25, 0.3) is 5.91 Å². The summed E-state index contributed by atoms with van der Waals surface area (Å²) in [7, 11) is 0. The zero-order chi connectivity index (χ0) is 28.5. The summed E-state index contributed by atoms with van der Waals surface area (Å²) in [5.74, 6) is -1.47. The lowest BCUT2D eigenvalue weighted by atomic mass is 9.96. The van der Waals surface area contributed by atoms with Crippen LogP contribution in [0.15, 0.2) is 42.6 Å². The summed E-state index contributed by atoms with van der Waals surface area (Å²) in [6.07, 6.45) is -3.89. The minimum absolute atomic E-state index is 0.350. The van der Waals surface area contributed by atoms with Crippen molar-refractivity contribution in [1.29, 1.82) is 0 Å². The molecule has 11 heteroatoms. The van der Waals surface area contributed by atoms with E-state index in [1.165, 1.54) is 13.8 Å². The normalized spacial score (nSPS) is 21.9. The highest BCUT2D eigenvalue weighted by molar-refractivity contribution is 5.80. The monoisotopic (exact) mass is 539 g/mol. The molecular formula is C27H36F3N3O5. The number of carbonyl (C=O) groups is 1. The Labute approximate surface area is 220 Å². The van der Waals surface area contributed by atoms with E-state index in [4.69, 9.17) is 9.47 Å². The van der Waals surface area contributed by atoms with Crippen molar-refractivity contribution in [2.45, 2.75) is 83.4 Å². The topological polar surface area (TPSA) is 104 Å². The van der Waals surface area contributed by atoms with Crippen molar-refractivity contribution < 1.29 is 37.7 Å². The lowest BCUT2D eigenvalue weighted by Gasteiger charge is -2.33. The zero-order valence-electron chi connectivity index (χ0n) is 22.4. The number of aliphatic hydroxyl groups is 2. The number of ether oxygens (including phenoxy) is 2. The minimum atomic E-state index is -3.26. The van der Waals surface area contributed by atoms with Crippen LogP contribution in [0.3, 0.4) is 0 Å². The maximum absolute atomic E-state index is 13.9. The highest BCUT2D eigenvalue weighted by Crippen LogP contribution is 2.42. The average molecular weight is 540 g/mol. The maximum Gasteiger partial charge on any atom is 0.315 e. The number of aliphatic hydroxyl groups excluding tert-OH is 2. The number of aromatic nitrogens is 1. The van der Waals surface area contributed by atoms with E-state index in [-0.39, 0.29) is 6.61 Å². The van der Waals surface area contributed by atoms with Crippen molar-refractivity contribution in [3.8, 4) is 11.1 Å². The van der Waals surface area contributed by atoms with E-state index >= 15 is 0 Å². The molecule has 1 aliphatic rings. The van der Waals surface area contributed by atoms with Gasteiger partial charge in [-0.2, -0.15) is 8.78 Å². The van der Waals surface area contributed by atoms with Crippen LogP contribution in [0.1, 0.15) is 58.9 Å². The van der Waals surface area contributed by atoms with Crippen LogP contribution in [0.5, 0.6) is 0 Å². The lowest BCUT2D eigenvalue weighted by Crippen LogP contribution is -2.51. The first-order valence-electron chi connectivity index (χ1n) is 12.3. The van der Waals surface area contributed by atoms with Crippen molar-refractivity contribution in [2.24, 2.45) is 0 Å². The second kappa shape index (κ2) is 11.3. The standard InChI is InChI=1S/C27H36F3N3O5/c1-25(2,3)38-24(36)32-27(6,15-34)20-12-11-18(14-31-20)16-7-9-17(10-8-16)21-19(13-28)33(23(35)22(29)30)26(4,5)37-21/h7-12,14,19,21-22,24,32,34,36H,13,15H2,1-6H3. The second-order valence-electron chi connectivity index (χ2n) is 11.0. The molecule has 1 aromatic heterocycles. The van der Waals surface area contributed by atoms with Gasteiger partial charge in [-0.1, -0.05) is 30.3 Å². The predicted molar refractivity (Wildman–Crippen MR) is 135 cm³/mol. The van der Waals surface area contributed by atoms with E-state index < -0.39 is 54.4 Å². The predicted octanol–water partition coefficient (Wildman–Crippen LogP) is 3.88. The highest BCUT2D eigenvalue weighted by Gasteiger charge is 2.52. The number of nitrogens with one attached hydrogen (secondary N) is 1. The van der Waals surface area contributed by atoms with E-state index in [0.29, 0.717) is 11.3 Å². The third kappa shape index (κ3) is 6.52. The Hall–Kier alpha value is -2.57. The van der Waals surface area contributed by atoms with Gasteiger partial charge in [0, 0.05) is 11.8 Å². The van der Waals surface area contributed by atoms with E-state index in [9.17, 15) is 28.2 Å². The first kappa shape index (κ1) is 30.0. The van der Waals surface area contributed by atoms with Gasteiger partial charge in [0.15, 0.2) is 0 Å². The Morgan fingerprint density at radius 1 is 1.16 bits per heavy atom. The second-order valence-corrected chi connectivity index (χ2v) is 11.0. The van der Waals surface area contributed by atoms with Crippen molar-refractivity contribution in [1.82, 2.24) is 15.2 Å². The first-order valence-corrected chi connectivity index (χ1v) is 12.3. The fraction of sp³-hybridized carbons (Fsp3) is 0.556. The third-order valence-electron chi connectivity index (χ3n) is 6.38. The van der Waals surface area contributed by atoms with Crippen LogP contribution in [-0.4, -0.2) is 69.5 Å². The van der Waals surface area contributed by atoms with E-state index in [1.54, 1.807) is 70.3 Å². The van der Waals surface area contributed by atoms with Gasteiger partial charge >= 0.3 is 6.43 Å². The Bertz CT molecular complexity index is 1090. The molecule has 1 fully saturated rings. The molecule has 0 saturated carbocycles. The van der Waals surface area contributed by atoms with E-state index in [1.807, 2.05) is 0 Å². The Morgan fingerprint density at radius 2 is 1.76 bits per heavy atom. The van der Waals surface area contributed by atoms with Crippen LogP contribution in [0.2, 0.25) is 0 Å². The fourth-order valence-corrected chi connectivity index (χ4v) is 4.55. The molecule has 1 saturated heterocycles. The summed E-state index contributed by atoms with van der Waals surface area (Å²) in [5.41, 5.74) is -0.536. The SMILES string of the molecule is CC(C)(C)OC(O)NC(C)(CO)c1ccc(-c2ccc(C3OC(C)(C)N(C(=O)C(F)F)C3CF)cc2)cn1. The molecule has 1 amide bonds. The summed E-state index contributed by atoms with van der Waals surface area (Å²) in [6.45, 7) is 8.60. The Kier molecular flexibility index (Phi) is 8.89. The summed E-state index contributed by atoms with van der Waals surface area (Å²) >= 11 is 0. The Morgan fingerprint density at radius 3 is 2.24 bits per heavy atom. The molecule has 3 rings (SSSR count). The van der Waals surface area contributed by atoms with Gasteiger partial charge in [-0.25, -0.2) is 4.39 Å². The number of alkyl halides is 3. The molecule has 4 unspecified atom stereocenters. The molecule has 1 aliphatic heterocycles. The molecule has 0 bridgehead atoms. The molecule has 210 valence electrons. The van der Waals surface area contributed by atoms with E-state index in [0.717, 1.165) is 16.0 Å². The van der Waals surface area contributed by atoms with Gasteiger partial charge in [-0.15, -0.1) is 0 Å². The van der Waals surface area contributed by atoms with Gasteiger partial charge in [0.2, 0.25) is 6.41 Å². The number of hydrogen-bond acceptors (Lipinski definition) is 7. The quantitative estimate of drug-likeness (QED) is 0.416. The number of amides is 1. The summed E-state index contributed by atoms with van der Waals surface area (Å²) in [4.78, 5) is 17.3. The molecule has 2 heterocycles. The van der Waals surface area contributed by atoms with Gasteiger partial charge in [0.05, 0.1) is 29.5 Å². The maximum atomic E-state index is 13.9. The Balaban J connectivity index is 1.79. The zero-order valence-corrected chi connectivity index (χ0v) is 22.4. The van der Waals surface area contributed by atoms with Crippen LogP contribution < -0.4 is 5.32 Å². The number of carbonyl (C=O) groups excluding carboxylic acids is 1. The molecule has 0 radical (unpaired) electrons. The largest absolute Gasteiger partial charge is 0.394 e. The van der Waals surface area contributed by atoms with Crippen molar-refractivity contribution in [3.63, 3.8) is 0 Å². The van der Waals surface area contributed by atoms with Crippen LogP contribution in [-0.2, 0) is 19.8 Å². The number of hydrogen-bond donors (Lipinski definition) is 3. The van der Waals surface area contributed by atoms with E-state index in [2.05, 4.69) is 10.3 Å². The number of pyridine rings is 1. The van der Waals surface area contributed by atoms with Crippen LogP contribution in [0, 0.1) is 0 Å². The number of halogens is 3. The van der Waals surface area contributed by atoms with Gasteiger partial charge in [-0.05, 0) is 58.7 Å². The lowest BCUT2D eigenvalue weighted by molar-refractivity contribution is -0.194. The molecular weight excluding hydrogens is 503 g/mol. The van der Waals surface area contributed by atoms with Crippen molar-refractivity contribution in [2.75, 3.05) is 13.3 Å². The molecule has 3 N–H and O–H groups in total. The fourth-order valence-electron chi connectivity index (χ4n) is 4.55. The third-order valence-corrected chi connectivity index (χ3v) is 6.38. The smallest absolute Gasteiger partial charge is 0.315 e. The highest BCUT2D eigenvalue weighted by atomic mass is 19.3. The molecule has 2 aromatic rings. The van der Waals surface area contributed by atoms with Crippen LogP contribution in [0.25, 0.3) is 11.1 Å².